The predicted octanol–water partition coefficient (Wildman–Crippen LogP) is 4.22. The van der Waals surface area contributed by atoms with Gasteiger partial charge in [0.1, 0.15) is 0 Å². The minimum Gasteiger partial charge on any atom is -0.493 e. The highest BCUT2D eigenvalue weighted by Gasteiger charge is 2.14. The summed E-state index contributed by atoms with van der Waals surface area (Å²) in [7, 11) is 1.55. The molecule has 1 atom stereocenters. The number of ether oxygens (including phenoxy) is 2. The molecule has 0 fully saturated rings. The highest BCUT2D eigenvalue weighted by Crippen LogP contribution is 2.37. The van der Waals surface area contributed by atoms with Gasteiger partial charge in [-0.25, -0.2) is 5.43 Å². The Labute approximate surface area is 159 Å². The van der Waals surface area contributed by atoms with E-state index in [1.54, 1.807) is 19.2 Å². The zero-order valence-electron chi connectivity index (χ0n) is 15.2. The van der Waals surface area contributed by atoms with Crippen LogP contribution in [-0.2, 0) is 11.2 Å². The number of amides is 1. The molecular weight excluding hydrogens is 352 g/mol. The molecule has 6 heteroatoms. The number of hydrazone groups is 1. The Morgan fingerprint density at radius 1 is 1.31 bits per heavy atom. The molecule has 0 saturated heterocycles. The highest BCUT2D eigenvalue weighted by atomic mass is 35.5. The molecule has 26 heavy (non-hydrogen) atoms. The zero-order valence-corrected chi connectivity index (χ0v) is 15.9. The summed E-state index contributed by atoms with van der Waals surface area (Å²) in [6, 6.07) is 13.0. The lowest BCUT2D eigenvalue weighted by molar-refractivity contribution is -0.120. The topological polar surface area (TPSA) is 59.9 Å². The van der Waals surface area contributed by atoms with Crippen molar-refractivity contribution < 1.29 is 14.3 Å². The van der Waals surface area contributed by atoms with Gasteiger partial charge in [0.2, 0.25) is 5.91 Å². The Balaban J connectivity index is 2.03. The molecule has 5 nitrogen and oxygen atoms in total. The molecule has 1 N–H and O–H groups in total. The van der Waals surface area contributed by atoms with Crippen LogP contribution >= 0.6 is 11.6 Å². The third kappa shape index (κ3) is 5.77. The van der Waals surface area contributed by atoms with E-state index in [2.05, 4.69) is 10.5 Å². The average Bonchev–Trinajstić information content (AvgIpc) is 2.64. The fourth-order valence-electron chi connectivity index (χ4n) is 2.21. The van der Waals surface area contributed by atoms with Crippen molar-refractivity contribution in [2.45, 2.75) is 32.8 Å². The van der Waals surface area contributed by atoms with E-state index in [0.29, 0.717) is 22.1 Å². The first kappa shape index (κ1) is 19.8. The number of halogens is 1. The Morgan fingerprint density at radius 2 is 2.04 bits per heavy atom. The molecule has 0 aliphatic carbocycles. The van der Waals surface area contributed by atoms with E-state index in [0.717, 1.165) is 12.0 Å². The van der Waals surface area contributed by atoms with Crippen molar-refractivity contribution in [2.75, 3.05) is 7.11 Å². The van der Waals surface area contributed by atoms with E-state index in [1.165, 1.54) is 6.21 Å². The second-order valence-corrected chi connectivity index (χ2v) is 6.23. The van der Waals surface area contributed by atoms with Crippen molar-refractivity contribution in [1.82, 2.24) is 5.43 Å². The molecule has 2 rings (SSSR count). The van der Waals surface area contributed by atoms with Crippen molar-refractivity contribution >= 4 is 23.7 Å². The number of rotatable bonds is 8. The molecule has 0 spiro atoms. The molecule has 0 aliphatic rings. The van der Waals surface area contributed by atoms with Crippen LogP contribution in [0.5, 0.6) is 11.5 Å². The smallest absolute Gasteiger partial charge is 0.244 e. The maximum Gasteiger partial charge on any atom is 0.244 e. The van der Waals surface area contributed by atoms with Crippen LogP contribution in [0.25, 0.3) is 0 Å². The van der Waals surface area contributed by atoms with Crippen LogP contribution in [0.3, 0.4) is 0 Å². The number of benzene rings is 2. The van der Waals surface area contributed by atoms with Crippen LogP contribution in [0.4, 0.5) is 0 Å². The maximum absolute atomic E-state index is 11.9. The molecule has 2 aromatic carbocycles. The number of carbonyl (C=O) groups is 1. The van der Waals surface area contributed by atoms with Crippen molar-refractivity contribution in [3.8, 4) is 11.5 Å². The SMILES string of the molecule is CCC(C)Oc1c(Cl)cc(C=NNC(=O)Cc2ccccc2)cc1OC. The van der Waals surface area contributed by atoms with Gasteiger partial charge < -0.3 is 9.47 Å². The molecule has 0 heterocycles. The van der Waals surface area contributed by atoms with Gasteiger partial charge in [-0.3, -0.25) is 4.79 Å². The molecule has 138 valence electrons. The summed E-state index contributed by atoms with van der Waals surface area (Å²) in [5.74, 6) is 0.839. The third-order valence-corrected chi connectivity index (χ3v) is 4.04. The number of nitrogens with zero attached hydrogens (tertiary/aromatic N) is 1. The molecule has 1 amide bonds. The van der Waals surface area contributed by atoms with Gasteiger partial charge in [-0.15, -0.1) is 0 Å². The molecule has 2 aromatic rings. The van der Waals surface area contributed by atoms with Gasteiger partial charge in [0.05, 0.1) is 30.9 Å². The van der Waals surface area contributed by atoms with Crippen LogP contribution in [0.1, 0.15) is 31.4 Å². The quantitative estimate of drug-likeness (QED) is 0.556. The van der Waals surface area contributed by atoms with E-state index < -0.39 is 0 Å². The predicted molar refractivity (Wildman–Crippen MR) is 104 cm³/mol. The van der Waals surface area contributed by atoms with E-state index in [1.807, 2.05) is 44.2 Å². The van der Waals surface area contributed by atoms with E-state index >= 15 is 0 Å². The largest absolute Gasteiger partial charge is 0.493 e. The van der Waals surface area contributed by atoms with Gasteiger partial charge in [0, 0.05) is 0 Å². The molecular formula is C20H23ClN2O3. The summed E-state index contributed by atoms with van der Waals surface area (Å²) < 4.78 is 11.2. The van der Waals surface area contributed by atoms with Gasteiger partial charge in [-0.1, -0.05) is 48.9 Å². The summed E-state index contributed by atoms with van der Waals surface area (Å²) in [6.07, 6.45) is 2.67. The Hall–Kier alpha value is -2.53. The second-order valence-electron chi connectivity index (χ2n) is 5.83. The Kier molecular flexibility index (Phi) is 7.48. The van der Waals surface area contributed by atoms with Crippen molar-refractivity contribution in [1.29, 1.82) is 0 Å². The summed E-state index contributed by atoms with van der Waals surface area (Å²) in [4.78, 5) is 11.9. The highest BCUT2D eigenvalue weighted by molar-refractivity contribution is 6.32. The van der Waals surface area contributed by atoms with E-state index in [4.69, 9.17) is 21.1 Å². The third-order valence-electron chi connectivity index (χ3n) is 3.76. The normalized spacial score (nSPS) is 12.0. The van der Waals surface area contributed by atoms with Crippen molar-refractivity contribution in [3.63, 3.8) is 0 Å². The van der Waals surface area contributed by atoms with Crippen LogP contribution in [0, 0.1) is 0 Å². The molecule has 0 saturated carbocycles. The first-order valence-corrected chi connectivity index (χ1v) is 8.81. The van der Waals surface area contributed by atoms with Gasteiger partial charge in [-0.05, 0) is 36.6 Å². The molecule has 0 aromatic heterocycles. The first-order chi connectivity index (χ1) is 12.5. The minimum absolute atomic E-state index is 0.0261. The summed E-state index contributed by atoms with van der Waals surface area (Å²) in [6.45, 7) is 4.00. The van der Waals surface area contributed by atoms with Crippen LogP contribution in [0.2, 0.25) is 5.02 Å². The molecule has 0 bridgehead atoms. The van der Waals surface area contributed by atoms with E-state index in [-0.39, 0.29) is 18.4 Å². The number of carbonyl (C=O) groups excluding carboxylic acids is 1. The van der Waals surface area contributed by atoms with Crippen LogP contribution in [-0.4, -0.2) is 25.3 Å². The van der Waals surface area contributed by atoms with Crippen molar-refractivity contribution in [2.24, 2.45) is 5.10 Å². The standard InChI is InChI=1S/C20H23ClN2O3/c1-4-14(2)26-20-17(21)10-16(11-18(20)25-3)13-22-23-19(24)12-15-8-6-5-7-9-15/h5-11,13-14H,4,12H2,1-3H3,(H,23,24). The second kappa shape index (κ2) is 9.82. The monoisotopic (exact) mass is 374 g/mol. The summed E-state index contributed by atoms with van der Waals surface area (Å²) >= 11 is 6.31. The van der Waals surface area contributed by atoms with Gasteiger partial charge >= 0.3 is 0 Å². The van der Waals surface area contributed by atoms with Crippen LogP contribution in [0.15, 0.2) is 47.6 Å². The molecule has 0 aliphatic heterocycles. The van der Waals surface area contributed by atoms with Gasteiger partial charge in [0.25, 0.3) is 0 Å². The average molecular weight is 375 g/mol. The molecule has 0 radical (unpaired) electrons. The van der Waals surface area contributed by atoms with Gasteiger partial charge in [-0.2, -0.15) is 5.10 Å². The first-order valence-electron chi connectivity index (χ1n) is 8.43. The van der Waals surface area contributed by atoms with Gasteiger partial charge in [0.15, 0.2) is 11.5 Å². The lowest BCUT2D eigenvalue weighted by Gasteiger charge is -2.17. The fourth-order valence-corrected chi connectivity index (χ4v) is 2.48. The maximum atomic E-state index is 11.9. The number of hydrogen-bond donors (Lipinski definition) is 1. The fraction of sp³-hybridized carbons (Fsp3) is 0.300. The lowest BCUT2D eigenvalue weighted by atomic mass is 10.1. The lowest BCUT2D eigenvalue weighted by Crippen LogP contribution is -2.19. The van der Waals surface area contributed by atoms with Crippen LogP contribution < -0.4 is 14.9 Å². The minimum atomic E-state index is -0.192. The summed E-state index contributed by atoms with van der Waals surface area (Å²) in [5.41, 5.74) is 4.13. The number of hydrogen-bond acceptors (Lipinski definition) is 4. The molecule has 1 unspecified atom stereocenters. The Morgan fingerprint density at radius 3 is 2.69 bits per heavy atom. The number of nitrogens with one attached hydrogen (secondary N) is 1. The van der Waals surface area contributed by atoms with E-state index in [9.17, 15) is 4.79 Å². The Bertz CT molecular complexity index is 763. The number of methoxy groups -OCH3 is 1. The summed E-state index contributed by atoms with van der Waals surface area (Å²) in [5, 5.41) is 4.41. The zero-order chi connectivity index (χ0) is 18.9. The van der Waals surface area contributed by atoms with Crippen molar-refractivity contribution in [3.05, 3.63) is 58.6 Å².